The molecule has 3 rings (SSSR count). The molecule has 0 aliphatic heterocycles. The standard InChI is InChI=1S/C25H27N3O5/c1-16-22(17(2)33-28-16)15-32-23-10-8-19(13-24(23)31-4)9-11-25(30)26-14-20-6-5-7-21(12-20)27-18(3)29/h5-13H,14-15H2,1-4H3,(H,26,30)(H,27,29). The van der Waals surface area contributed by atoms with E-state index in [0.717, 1.165) is 28.1 Å². The lowest BCUT2D eigenvalue weighted by atomic mass is 10.1. The third-order valence-electron chi connectivity index (χ3n) is 4.88. The predicted octanol–water partition coefficient (Wildman–Crippen LogP) is 4.17. The maximum Gasteiger partial charge on any atom is 0.244 e. The number of aryl methyl sites for hydroxylation is 2. The van der Waals surface area contributed by atoms with Crippen LogP contribution in [0.2, 0.25) is 0 Å². The third-order valence-corrected chi connectivity index (χ3v) is 4.88. The lowest BCUT2D eigenvalue weighted by Crippen LogP contribution is -2.20. The summed E-state index contributed by atoms with van der Waals surface area (Å²) in [5.41, 5.74) is 4.05. The molecule has 8 nitrogen and oxygen atoms in total. The van der Waals surface area contributed by atoms with Gasteiger partial charge in [-0.3, -0.25) is 9.59 Å². The average Bonchev–Trinajstić information content (AvgIpc) is 3.12. The number of rotatable bonds is 9. The molecule has 1 heterocycles. The van der Waals surface area contributed by atoms with Crippen LogP contribution < -0.4 is 20.1 Å². The zero-order chi connectivity index (χ0) is 23.8. The van der Waals surface area contributed by atoms with Gasteiger partial charge in [-0.15, -0.1) is 0 Å². The number of ether oxygens (including phenoxy) is 2. The van der Waals surface area contributed by atoms with Crippen LogP contribution in [0.5, 0.6) is 11.5 Å². The number of nitrogens with zero attached hydrogens (tertiary/aromatic N) is 1. The van der Waals surface area contributed by atoms with Crippen LogP contribution in [-0.4, -0.2) is 24.1 Å². The minimum atomic E-state index is -0.238. The second-order valence-corrected chi connectivity index (χ2v) is 7.43. The van der Waals surface area contributed by atoms with Gasteiger partial charge in [0.25, 0.3) is 0 Å². The van der Waals surface area contributed by atoms with Crippen molar-refractivity contribution in [2.75, 3.05) is 12.4 Å². The Labute approximate surface area is 192 Å². The monoisotopic (exact) mass is 449 g/mol. The van der Waals surface area contributed by atoms with Gasteiger partial charge in [-0.05, 0) is 55.3 Å². The van der Waals surface area contributed by atoms with Gasteiger partial charge < -0.3 is 24.6 Å². The lowest BCUT2D eigenvalue weighted by Gasteiger charge is -2.11. The maximum atomic E-state index is 12.2. The SMILES string of the molecule is COc1cc(C=CC(=O)NCc2cccc(NC(C)=O)c2)ccc1OCc1c(C)noc1C. The summed E-state index contributed by atoms with van der Waals surface area (Å²) in [6.07, 6.45) is 3.15. The third kappa shape index (κ3) is 6.70. The molecule has 172 valence electrons. The predicted molar refractivity (Wildman–Crippen MR) is 125 cm³/mol. The van der Waals surface area contributed by atoms with Gasteiger partial charge in [0.05, 0.1) is 18.4 Å². The molecular weight excluding hydrogens is 422 g/mol. The Morgan fingerprint density at radius 2 is 1.94 bits per heavy atom. The molecule has 0 radical (unpaired) electrons. The van der Waals surface area contributed by atoms with Crippen LogP contribution in [-0.2, 0) is 22.7 Å². The van der Waals surface area contributed by atoms with Gasteiger partial charge >= 0.3 is 0 Å². The first-order valence-corrected chi connectivity index (χ1v) is 10.4. The Morgan fingerprint density at radius 3 is 2.64 bits per heavy atom. The van der Waals surface area contributed by atoms with E-state index in [9.17, 15) is 9.59 Å². The number of methoxy groups -OCH3 is 1. The van der Waals surface area contributed by atoms with Crippen molar-refractivity contribution in [3.8, 4) is 11.5 Å². The fraction of sp³-hybridized carbons (Fsp3) is 0.240. The number of carbonyl (C=O) groups is 2. The molecule has 3 aromatic rings. The Balaban J connectivity index is 1.58. The van der Waals surface area contributed by atoms with Gasteiger partial charge in [0.1, 0.15) is 12.4 Å². The van der Waals surface area contributed by atoms with Crippen molar-refractivity contribution < 1.29 is 23.6 Å². The normalized spacial score (nSPS) is 10.8. The topological polar surface area (TPSA) is 103 Å². The van der Waals surface area contributed by atoms with E-state index in [1.165, 1.54) is 13.0 Å². The molecule has 0 aliphatic rings. The van der Waals surface area contributed by atoms with Gasteiger partial charge in [0.2, 0.25) is 11.8 Å². The summed E-state index contributed by atoms with van der Waals surface area (Å²) in [7, 11) is 1.56. The van der Waals surface area contributed by atoms with E-state index in [-0.39, 0.29) is 11.8 Å². The van der Waals surface area contributed by atoms with Crippen molar-refractivity contribution in [2.24, 2.45) is 0 Å². The Kier molecular flexibility index (Phi) is 7.86. The van der Waals surface area contributed by atoms with Gasteiger partial charge in [0.15, 0.2) is 11.5 Å². The Morgan fingerprint density at radius 1 is 1.12 bits per heavy atom. The van der Waals surface area contributed by atoms with Crippen LogP contribution in [0.4, 0.5) is 5.69 Å². The van der Waals surface area contributed by atoms with E-state index in [0.29, 0.717) is 30.3 Å². The molecule has 8 heteroatoms. The molecule has 2 N–H and O–H groups in total. The number of hydrogen-bond acceptors (Lipinski definition) is 6. The molecule has 1 aromatic heterocycles. The number of carbonyl (C=O) groups excluding carboxylic acids is 2. The molecule has 0 aliphatic carbocycles. The Bertz CT molecular complexity index is 1150. The first kappa shape index (κ1) is 23.6. The molecule has 0 spiro atoms. The fourth-order valence-electron chi connectivity index (χ4n) is 3.15. The van der Waals surface area contributed by atoms with E-state index in [1.807, 2.05) is 38.1 Å². The Hall–Kier alpha value is -4.07. The number of aromatic nitrogens is 1. The van der Waals surface area contributed by atoms with Crippen LogP contribution in [0.3, 0.4) is 0 Å². The van der Waals surface area contributed by atoms with Crippen molar-refractivity contribution in [3.63, 3.8) is 0 Å². The summed E-state index contributed by atoms with van der Waals surface area (Å²) in [5, 5.41) is 9.47. The molecule has 0 saturated heterocycles. The fourth-order valence-corrected chi connectivity index (χ4v) is 3.15. The van der Waals surface area contributed by atoms with E-state index in [1.54, 1.807) is 31.4 Å². The average molecular weight is 450 g/mol. The number of benzene rings is 2. The summed E-state index contributed by atoms with van der Waals surface area (Å²) in [4.78, 5) is 23.4. The van der Waals surface area contributed by atoms with Crippen molar-refractivity contribution in [3.05, 3.63) is 76.7 Å². The van der Waals surface area contributed by atoms with E-state index < -0.39 is 0 Å². The van der Waals surface area contributed by atoms with Crippen LogP contribution in [0.25, 0.3) is 6.08 Å². The highest BCUT2D eigenvalue weighted by molar-refractivity contribution is 5.92. The first-order chi connectivity index (χ1) is 15.9. The zero-order valence-corrected chi connectivity index (χ0v) is 19.1. The van der Waals surface area contributed by atoms with E-state index in [4.69, 9.17) is 14.0 Å². The molecule has 0 fully saturated rings. The summed E-state index contributed by atoms with van der Waals surface area (Å²) >= 11 is 0. The quantitative estimate of drug-likeness (QED) is 0.476. The molecule has 0 unspecified atom stereocenters. The van der Waals surface area contributed by atoms with Crippen molar-refractivity contribution in [2.45, 2.75) is 33.9 Å². The van der Waals surface area contributed by atoms with Crippen molar-refractivity contribution in [1.29, 1.82) is 0 Å². The first-order valence-electron chi connectivity index (χ1n) is 10.4. The summed E-state index contributed by atoms with van der Waals surface area (Å²) in [5.74, 6) is 1.48. The van der Waals surface area contributed by atoms with Crippen LogP contribution in [0.1, 0.15) is 35.1 Å². The van der Waals surface area contributed by atoms with Crippen molar-refractivity contribution in [1.82, 2.24) is 10.5 Å². The highest BCUT2D eigenvalue weighted by atomic mass is 16.5. The minimum Gasteiger partial charge on any atom is -0.493 e. The summed E-state index contributed by atoms with van der Waals surface area (Å²) in [6.45, 7) is 5.82. The van der Waals surface area contributed by atoms with Gasteiger partial charge in [0, 0.05) is 25.2 Å². The number of nitrogens with one attached hydrogen (secondary N) is 2. The van der Waals surface area contributed by atoms with Crippen molar-refractivity contribution >= 4 is 23.6 Å². The number of amides is 2. The smallest absolute Gasteiger partial charge is 0.244 e. The van der Waals surface area contributed by atoms with Gasteiger partial charge in [-0.2, -0.15) is 0 Å². The highest BCUT2D eigenvalue weighted by Gasteiger charge is 2.12. The molecular formula is C25H27N3O5. The largest absolute Gasteiger partial charge is 0.493 e. The molecule has 0 atom stereocenters. The number of hydrogen-bond donors (Lipinski definition) is 2. The zero-order valence-electron chi connectivity index (χ0n) is 19.1. The summed E-state index contributed by atoms with van der Waals surface area (Å²) < 4.78 is 16.5. The van der Waals surface area contributed by atoms with Gasteiger partial charge in [-0.1, -0.05) is 23.4 Å². The van der Waals surface area contributed by atoms with Gasteiger partial charge in [-0.25, -0.2) is 0 Å². The lowest BCUT2D eigenvalue weighted by molar-refractivity contribution is -0.116. The van der Waals surface area contributed by atoms with E-state index >= 15 is 0 Å². The number of anilines is 1. The maximum absolute atomic E-state index is 12.2. The molecule has 0 saturated carbocycles. The second kappa shape index (κ2) is 11.0. The minimum absolute atomic E-state index is 0.144. The molecule has 2 amide bonds. The van der Waals surface area contributed by atoms with Crippen LogP contribution in [0.15, 0.2) is 53.1 Å². The van der Waals surface area contributed by atoms with Crippen LogP contribution in [0, 0.1) is 13.8 Å². The molecule has 0 bridgehead atoms. The summed E-state index contributed by atoms with van der Waals surface area (Å²) in [6, 6.07) is 12.7. The second-order valence-electron chi connectivity index (χ2n) is 7.43. The highest BCUT2D eigenvalue weighted by Crippen LogP contribution is 2.30. The molecule has 33 heavy (non-hydrogen) atoms. The molecule has 2 aromatic carbocycles. The van der Waals surface area contributed by atoms with E-state index in [2.05, 4.69) is 15.8 Å². The van der Waals surface area contributed by atoms with Crippen LogP contribution >= 0.6 is 0 Å².